The largest absolute Gasteiger partial charge is 0.493 e. The van der Waals surface area contributed by atoms with Gasteiger partial charge in [0.05, 0.1) is 33.3 Å². The summed E-state index contributed by atoms with van der Waals surface area (Å²) in [6.45, 7) is 0.307. The number of hydrogen-bond acceptors (Lipinski definition) is 7. The van der Waals surface area contributed by atoms with Crippen LogP contribution in [-0.2, 0) is 27.2 Å². The molecule has 1 aliphatic rings. The Kier molecular flexibility index (Phi) is 10.8. The number of thiophene rings is 1. The van der Waals surface area contributed by atoms with Gasteiger partial charge in [-0.15, -0.1) is 11.3 Å². The van der Waals surface area contributed by atoms with Crippen LogP contribution in [0.1, 0.15) is 64.5 Å². The highest BCUT2D eigenvalue weighted by Gasteiger charge is 2.33. The van der Waals surface area contributed by atoms with Gasteiger partial charge in [-0.05, 0) is 66.1 Å². The molecule has 9 heteroatoms. The van der Waals surface area contributed by atoms with E-state index in [1.807, 2.05) is 35.7 Å². The number of amides is 2. The zero-order valence-electron chi connectivity index (χ0n) is 23.9. The Bertz CT molecular complexity index is 1300. The summed E-state index contributed by atoms with van der Waals surface area (Å²) in [6.07, 6.45) is 5.86. The van der Waals surface area contributed by atoms with Gasteiger partial charge in [0.25, 0.3) is 0 Å². The lowest BCUT2D eigenvalue weighted by Gasteiger charge is -2.33. The lowest BCUT2D eigenvalue weighted by atomic mass is 9.94. The number of nitrogens with one attached hydrogen (secondary N) is 1. The number of ether oxygens (including phenoxy) is 3. The lowest BCUT2D eigenvalue weighted by molar-refractivity contribution is -0.140. The van der Waals surface area contributed by atoms with Crippen LogP contribution in [0, 0.1) is 0 Å². The first-order valence-electron chi connectivity index (χ1n) is 13.9. The van der Waals surface area contributed by atoms with Crippen molar-refractivity contribution in [1.29, 1.82) is 0 Å². The van der Waals surface area contributed by atoms with Gasteiger partial charge in [-0.2, -0.15) is 0 Å². The fraction of sp³-hybridized carbons (Fsp3) is 0.406. The third-order valence-corrected chi connectivity index (χ3v) is 8.35. The van der Waals surface area contributed by atoms with E-state index in [0.29, 0.717) is 35.6 Å². The van der Waals surface area contributed by atoms with Crippen LogP contribution in [0.25, 0.3) is 0 Å². The molecule has 1 aliphatic carbocycles. The highest BCUT2D eigenvalue weighted by molar-refractivity contribution is 7.10. The maximum atomic E-state index is 14.0. The highest BCUT2D eigenvalue weighted by atomic mass is 32.1. The van der Waals surface area contributed by atoms with Crippen LogP contribution in [0.3, 0.4) is 0 Å². The average Bonchev–Trinajstić information content (AvgIpc) is 3.52. The van der Waals surface area contributed by atoms with Crippen molar-refractivity contribution in [1.82, 2.24) is 10.2 Å². The van der Waals surface area contributed by atoms with Gasteiger partial charge in [-0.1, -0.05) is 43.5 Å². The molecule has 0 radical (unpaired) electrons. The first kappa shape index (κ1) is 30.1. The Balaban J connectivity index is 1.68. The van der Waals surface area contributed by atoms with Gasteiger partial charge in [0.15, 0.2) is 11.5 Å². The van der Waals surface area contributed by atoms with Crippen molar-refractivity contribution < 1.29 is 28.6 Å². The van der Waals surface area contributed by atoms with Crippen molar-refractivity contribution in [2.45, 2.75) is 57.0 Å². The lowest BCUT2D eigenvalue weighted by Crippen LogP contribution is -2.48. The molecular formula is C32H38N2O6S. The number of methoxy groups -OCH3 is 3. The summed E-state index contributed by atoms with van der Waals surface area (Å²) in [7, 11) is 4.50. The molecule has 0 saturated heterocycles. The molecule has 8 nitrogen and oxygen atoms in total. The predicted molar refractivity (Wildman–Crippen MR) is 159 cm³/mol. The minimum absolute atomic E-state index is 0.0770. The van der Waals surface area contributed by atoms with Crippen molar-refractivity contribution in [3.8, 4) is 11.5 Å². The second kappa shape index (κ2) is 14.7. The van der Waals surface area contributed by atoms with E-state index < -0.39 is 12.0 Å². The van der Waals surface area contributed by atoms with Gasteiger partial charge in [0.2, 0.25) is 11.8 Å². The van der Waals surface area contributed by atoms with Crippen molar-refractivity contribution in [3.05, 3.63) is 81.5 Å². The van der Waals surface area contributed by atoms with Gasteiger partial charge in [0, 0.05) is 17.5 Å². The summed E-state index contributed by atoms with van der Waals surface area (Å²) in [5.74, 6) is 0.408. The normalized spacial score (nSPS) is 14.1. The van der Waals surface area contributed by atoms with E-state index >= 15 is 0 Å². The van der Waals surface area contributed by atoms with E-state index in [1.54, 1.807) is 43.4 Å². The fourth-order valence-electron chi connectivity index (χ4n) is 5.27. The zero-order valence-corrected chi connectivity index (χ0v) is 24.7. The topological polar surface area (TPSA) is 94.2 Å². The van der Waals surface area contributed by atoms with Crippen LogP contribution < -0.4 is 14.8 Å². The Morgan fingerprint density at radius 1 is 0.951 bits per heavy atom. The van der Waals surface area contributed by atoms with Crippen molar-refractivity contribution in [2.24, 2.45) is 0 Å². The molecule has 1 N–H and O–H groups in total. The number of carbonyl (C=O) groups is 3. The average molecular weight is 579 g/mol. The molecule has 2 aromatic carbocycles. The van der Waals surface area contributed by atoms with E-state index in [1.165, 1.54) is 24.9 Å². The van der Waals surface area contributed by atoms with Crippen molar-refractivity contribution >= 4 is 29.1 Å². The van der Waals surface area contributed by atoms with Crippen LogP contribution >= 0.6 is 11.3 Å². The number of hydrogen-bond donors (Lipinski definition) is 1. The first-order valence-corrected chi connectivity index (χ1v) is 14.8. The molecule has 0 bridgehead atoms. The summed E-state index contributed by atoms with van der Waals surface area (Å²) >= 11 is 1.51. The molecule has 1 atom stereocenters. The molecule has 3 aromatic rings. The molecule has 4 rings (SSSR count). The third-order valence-electron chi connectivity index (χ3n) is 7.47. The summed E-state index contributed by atoms with van der Waals surface area (Å²) < 4.78 is 15.7. The quantitative estimate of drug-likeness (QED) is 0.291. The number of nitrogens with zero attached hydrogens (tertiary/aromatic N) is 1. The van der Waals surface area contributed by atoms with Crippen molar-refractivity contribution in [2.75, 3.05) is 27.9 Å². The first-order chi connectivity index (χ1) is 19.9. The van der Waals surface area contributed by atoms with Crippen LogP contribution in [0.4, 0.5) is 0 Å². The zero-order chi connectivity index (χ0) is 29.2. The second-order valence-electron chi connectivity index (χ2n) is 10.1. The molecule has 0 aliphatic heterocycles. The van der Waals surface area contributed by atoms with Crippen LogP contribution in [0.2, 0.25) is 0 Å². The molecule has 1 saturated carbocycles. The SMILES string of the molecule is COC(=O)c1ccc([C@@H](C(=O)NC2CCCCC2)N(CCc2ccc(OC)c(OC)c2)C(=O)Cc2cccs2)cc1. The molecular weight excluding hydrogens is 540 g/mol. The summed E-state index contributed by atoms with van der Waals surface area (Å²) in [4.78, 5) is 42.6. The number of esters is 1. The van der Waals surface area contributed by atoms with E-state index in [9.17, 15) is 14.4 Å². The molecule has 2 amide bonds. The number of carbonyl (C=O) groups excluding carboxylic acids is 3. The van der Waals surface area contributed by atoms with Crippen LogP contribution in [0.15, 0.2) is 60.0 Å². The Morgan fingerprint density at radius 2 is 1.68 bits per heavy atom. The number of rotatable bonds is 12. The monoisotopic (exact) mass is 578 g/mol. The third kappa shape index (κ3) is 7.88. The summed E-state index contributed by atoms with van der Waals surface area (Å²) in [6, 6.07) is 15.5. The Hall–Kier alpha value is -3.85. The molecule has 41 heavy (non-hydrogen) atoms. The predicted octanol–water partition coefficient (Wildman–Crippen LogP) is 5.36. The molecule has 1 heterocycles. The minimum Gasteiger partial charge on any atom is -0.493 e. The standard InChI is InChI=1S/C32H38N2O6S/c1-38-27-16-11-22(20-28(27)39-2)17-18-34(29(35)21-26-10-7-19-41-26)30(31(36)33-25-8-5-4-6-9-25)23-12-14-24(15-13-23)32(37)40-3/h7,10-16,19-20,25,30H,4-6,8-9,17-18,21H2,1-3H3,(H,33,36)/t30-/m0/s1. The van der Waals surface area contributed by atoms with Gasteiger partial charge in [-0.25, -0.2) is 4.79 Å². The minimum atomic E-state index is -0.865. The highest BCUT2D eigenvalue weighted by Crippen LogP contribution is 2.30. The van der Waals surface area contributed by atoms with E-state index in [-0.39, 0.29) is 24.3 Å². The van der Waals surface area contributed by atoms with E-state index in [2.05, 4.69) is 5.32 Å². The van der Waals surface area contributed by atoms with Gasteiger partial charge < -0.3 is 24.4 Å². The van der Waals surface area contributed by atoms with Crippen LogP contribution in [0.5, 0.6) is 11.5 Å². The maximum Gasteiger partial charge on any atom is 0.337 e. The number of benzene rings is 2. The molecule has 0 spiro atoms. The molecule has 0 unspecified atom stereocenters. The van der Waals surface area contributed by atoms with Gasteiger partial charge in [-0.3, -0.25) is 9.59 Å². The maximum absolute atomic E-state index is 14.0. The molecule has 1 aromatic heterocycles. The second-order valence-corrected chi connectivity index (χ2v) is 11.2. The van der Waals surface area contributed by atoms with Gasteiger partial charge in [0.1, 0.15) is 6.04 Å². The van der Waals surface area contributed by atoms with E-state index in [0.717, 1.165) is 36.1 Å². The fourth-order valence-corrected chi connectivity index (χ4v) is 5.96. The smallest absolute Gasteiger partial charge is 0.337 e. The van der Waals surface area contributed by atoms with Crippen molar-refractivity contribution in [3.63, 3.8) is 0 Å². The molecule has 1 fully saturated rings. The Morgan fingerprint density at radius 3 is 2.32 bits per heavy atom. The summed E-state index contributed by atoms with van der Waals surface area (Å²) in [5.41, 5.74) is 1.96. The van der Waals surface area contributed by atoms with Gasteiger partial charge >= 0.3 is 5.97 Å². The molecule has 218 valence electrons. The Labute approximate surface area is 245 Å². The van der Waals surface area contributed by atoms with Crippen LogP contribution in [-0.4, -0.2) is 56.6 Å². The van der Waals surface area contributed by atoms with E-state index in [4.69, 9.17) is 14.2 Å². The summed E-state index contributed by atoms with van der Waals surface area (Å²) in [5, 5.41) is 5.17.